The fraction of sp³-hybridized carbons (Fsp3) is 0.267. The van der Waals surface area contributed by atoms with E-state index in [-0.39, 0.29) is 17.3 Å². The first kappa shape index (κ1) is 17.1. The molecule has 0 radical (unpaired) electrons. The molecule has 24 heavy (non-hydrogen) atoms. The molecule has 1 aromatic heterocycles. The van der Waals surface area contributed by atoms with Crippen LogP contribution < -0.4 is 15.8 Å². The lowest BCUT2D eigenvalue weighted by Crippen LogP contribution is -2.31. The molecule has 0 atom stereocenters. The molecule has 9 nitrogen and oxygen atoms in total. The summed E-state index contributed by atoms with van der Waals surface area (Å²) < 4.78 is 0. The van der Waals surface area contributed by atoms with Crippen molar-refractivity contribution in [3.8, 4) is 0 Å². The Bertz CT molecular complexity index is 718. The molecule has 2 aromatic rings. The molecule has 9 heteroatoms. The number of hydrogen-bond acceptors (Lipinski definition) is 7. The number of nitro groups is 1. The van der Waals surface area contributed by atoms with Gasteiger partial charge in [-0.05, 0) is 26.0 Å². The van der Waals surface area contributed by atoms with Gasteiger partial charge in [0.05, 0.1) is 4.92 Å². The molecule has 1 heterocycles. The lowest BCUT2D eigenvalue weighted by molar-refractivity contribution is -0.383. The van der Waals surface area contributed by atoms with E-state index in [0.717, 1.165) is 0 Å². The summed E-state index contributed by atoms with van der Waals surface area (Å²) in [4.78, 5) is 32.5. The van der Waals surface area contributed by atoms with E-state index in [1.807, 2.05) is 13.8 Å². The number of aromatic nitrogens is 2. The minimum absolute atomic E-state index is 0.0684. The standard InChI is InChI=1S/C15H18N6O3/c1-3-20(4-2)14-12(21(23)24)13(16-10-17-14)18-19-15(22)11-8-6-5-7-9-11/h5-10H,3-4H2,1-2H3,(H,19,22)(H,16,17,18). The molecular formula is C15H18N6O3. The molecule has 126 valence electrons. The van der Waals surface area contributed by atoms with Gasteiger partial charge in [-0.2, -0.15) is 0 Å². The van der Waals surface area contributed by atoms with Crippen LogP contribution in [0.4, 0.5) is 17.3 Å². The van der Waals surface area contributed by atoms with Crippen molar-refractivity contribution in [1.29, 1.82) is 0 Å². The van der Waals surface area contributed by atoms with Crippen LogP contribution in [0.15, 0.2) is 36.7 Å². The van der Waals surface area contributed by atoms with Gasteiger partial charge >= 0.3 is 5.69 Å². The molecule has 0 bridgehead atoms. The average molecular weight is 330 g/mol. The fourth-order valence-electron chi connectivity index (χ4n) is 2.16. The Kier molecular flexibility index (Phi) is 5.61. The van der Waals surface area contributed by atoms with Gasteiger partial charge in [0.2, 0.25) is 11.6 Å². The molecular weight excluding hydrogens is 312 g/mol. The van der Waals surface area contributed by atoms with E-state index < -0.39 is 10.8 Å². The molecule has 0 aliphatic rings. The Hall–Kier alpha value is -3.23. The molecule has 0 aliphatic heterocycles. The number of benzene rings is 1. The minimum Gasteiger partial charge on any atom is -0.351 e. The Balaban J connectivity index is 2.25. The van der Waals surface area contributed by atoms with E-state index in [9.17, 15) is 14.9 Å². The highest BCUT2D eigenvalue weighted by Crippen LogP contribution is 2.31. The van der Waals surface area contributed by atoms with Crippen molar-refractivity contribution in [1.82, 2.24) is 15.4 Å². The number of amides is 1. The highest BCUT2D eigenvalue weighted by Gasteiger charge is 2.26. The summed E-state index contributed by atoms with van der Waals surface area (Å²) in [5, 5.41) is 11.4. The van der Waals surface area contributed by atoms with E-state index in [1.165, 1.54) is 6.33 Å². The van der Waals surface area contributed by atoms with Crippen LogP contribution in [0.2, 0.25) is 0 Å². The van der Waals surface area contributed by atoms with E-state index in [0.29, 0.717) is 18.7 Å². The summed E-state index contributed by atoms with van der Waals surface area (Å²) in [5.74, 6) is -0.287. The highest BCUT2D eigenvalue weighted by atomic mass is 16.6. The molecule has 1 aromatic carbocycles. The predicted molar refractivity (Wildman–Crippen MR) is 89.8 cm³/mol. The highest BCUT2D eigenvalue weighted by molar-refractivity contribution is 5.95. The topological polar surface area (TPSA) is 113 Å². The molecule has 0 fully saturated rings. The largest absolute Gasteiger partial charge is 0.355 e. The quantitative estimate of drug-likeness (QED) is 0.589. The third kappa shape index (κ3) is 3.75. The van der Waals surface area contributed by atoms with E-state index in [4.69, 9.17) is 0 Å². The average Bonchev–Trinajstić information content (AvgIpc) is 2.61. The smallest absolute Gasteiger partial charge is 0.351 e. The molecule has 0 unspecified atom stereocenters. The van der Waals surface area contributed by atoms with Crippen LogP contribution in [-0.4, -0.2) is 33.9 Å². The van der Waals surface area contributed by atoms with Crippen molar-refractivity contribution >= 4 is 23.2 Å². The Labute approximate surface area is 138 Å². The number of hydrazine groups is 1. The lowest BCUT2D eigenvalue weighted by atomic mass is 10.2. The van der Waals surface area contributed by atoms with Crippen LogP contribution in [0.1, 0.15) is 24.2 Å². The summed E-state index contributed by atoms with van der Waals surface area (Å²) in [6.45, 7) is 4.87. The number of carbonyl (C=O) groups is 1. The van der Waals surface area contributed by atoms with Crippen LogP contribution in [0, 0.1) is 10.1 Å². The first-order valence-corrected chi connectivity index (χ1v) is 7.44. The predicted octanol–water partition coefficient (Wildman–Crippen LogP) is 1.99. The van der Waals surface area contributed by atoms with Gasteiger partial charge in [0.1, 0.15) is 6.33 Å². The van der Waals surface area contributed by atoms with Gasteiger partial charge in [-0.1, -0.05) is 18.2 Å². The molecule has 2 N–H and O–H groups in total. The maximum absolute atomic E-state index is 12.0. The summed E-state index contributed by atoms with van der Waals surface area (Å²) >= 11 is 0. The van der Waals surface area contributed by atoms with E-state index in [1.54, 1.807) is 35.2 Å². The van der Waals surface area contributed by atoms with Gasteiger partial charge in [-0.25, -0.2) is 9.97 Å². The molecule has 0 saturated heterocycles. The normalized spacial score (nSPS) is 10.1. The monoisotopic (exact) mass is 330 g/mol. The van der Waals surface area contributed by atoms with Crippen molar-refractivity contribution in [2.24, 2.45) is 0 Å². The number of carbonyl (C=O) groups excluding carboxylic acids is 1. The summed E-state index contributed by atoms with van der Waals surface area (Å²) in [5.41, 5.74) is 5.07. The molecule has 0 saturated carbocycles. The van der Waals surface area contributed by atoms with E-state index >= 15 is 0 Å². The van der Waals surface area contributed by atoms with Gasteiger partial charge in [0, 0.05) is 18.7 Å². The number of rotatable bonds is 7. The zero-order chi connectivity index (χ0) is 17.5. The third-order valence-electron chi connectivity index (χ3n) is 3.38. The van der Waals surface area contributed by atoms with Gasteiger partial charge in [-0.3, -0.25) is 25.8 Å². The van der Waals surface area contributed by atoms with Crippen molar-refractivity contribution in [2.45, 2.75) is 13.8 Å². The maximum atomic E-state index is 12.0. The van der Waals surface area contributed by atoms with Gasteiger partial charge in [-0.15, -0.1) is 0 Å². The number of hydrogen-bond donors (Lipinski definition) is 2. The lowest BCUT2D eigenvalue weighted by Gasteiger charge is -2.20. The Morgan fingerprint density at radius 1 is 1.21 bits per heavy atom. The van der Waals surface area contributed by atoms with Crippen LogP contribution in [-0.2, 0) is 0 Å². The molecule has 2 rings (SSSR count). The van der Waals surface area contributed by atoms with E-state index in [2.05, 4.69) is 20.8 Å². The maximum Gasteiger partial charge on any atom is 0.355 e. The van der Waals surface area contributed by atoms with Crippen LogP contribution >= 0.6 is 0 Å². The number of nitrogens with one attached hydrogen (secondary N) is 2. The summed E-state index contributed by atoms with van der Waals surface area (Å²) in [6, 6.07) is 8.50. The van der Waals surface area contributed by atoms with Crippen LogP contribution in [0.3, 0.4) is 0 Å². The second-order valence-electron chi connectivity index (χ2n) is 4.77. The van der Waals surface area contributed by atoms with Crippen molar-refractivity contribution in [3.05, 3.63) is 52.3 Å². The second kappa shape index (κ2) is 7.86. The summed E-state index contributed by atoms with van der Waals surface area (Å²) in [6.07, 6.45) is 1.22. The Morgan fingerprint density at radius 2 is 1.88 bits per heavy atom. The Morgan fingerprint density at radius 3 is 2.46 bits per heavy atom. The van der Waals surface area contributed by atoms with Gasteiger partial charge < -0.3 is 4.90 Å². The van der Waals surface area contributed by atoms with Crippen molar-refractivity contribution in [3.63, 3.8) is 0 Å². The minimum atomic E-state index is -0.565. The molecule has 0 spiro atoms. The number of anilines is 2. The van der Waals surface area contributed by atoms with Crippen LogP contribution in [0.25, 0.3) is 0 Å². The third-order valence-corrected chi connectivity index (χ3v) is 3.38. The van der Waals surface area contributed by atoms with Gasteiger partial charge in [0.15, 0.2) is 0 Å². The van der Waals surface area contributed by atoms with Crippen LogP contribution in [0.5, 0.6) is 0 Å². The first-order chi connectivity index (χ1) is 11.6. The number of nitrogens with zero attached hydrogens (tertiary/aromatic N) is 4. The summed E-state index contributed by atoms with van der Waals surface area (Å²) in [7, 11) is 0. The van der Waals surface area contributed by atoms with Crippen molar-refractivity contribution in [2.75, 3.05) is 23.4 Å². The molecule has 0 aliphatic carbocycles. The SMILES string of the molecule is CCN(CC)c1ncnc(NNC(=O)c2ccccc2)c1[N+](=O)[O-]. The first-order valence-electron chi connectivity index (χ1n) is 7.44. The second-order valence-corrected chi connectivity index (χ2v) is 4.77. The zero-order valence-corrected chi connectivity index (χ0v) is 13.4. The van der Waals surface area contributed by atoms with Gasteiger partial charge in [0.25, 0.3) is 5.91 Å². The molecule has 1 amide bonds. The van der Waals surface area contributed by atoms with Crippen molar-refractivity contribution < 1.29 is 9.72 Å². The zero-order valence-electron chi connectivity index (χ0n) is 13.4. The fourth-order valence-corrected chi connectivity index (χ4v) is 2.16.